The van der Waals surface area contributed by atoms with E-state index in [1.54, 1.807) is 0 Å². The average molecular weight is 441 g/mol. The number of nitrogen functional groups attached to an aromatic ring is 1. The summed E-state index contributed by atoms with van der Waals surface area (Å²) in [5, 5.41) is 0.251. The number of rotatable bonds is 7. The van der Waals surface area contributed by atoms with E-state index in [1.807, 2.05) is 12.1 Å². The van der Waals surface area contributed by atoms with Gasteiger partial charge in [0.1, 0.15) is 0 Å². The molecule has 0 radical (unpaired) electrons. The molecule has 1 aromatic heterocycles. The first-order valence-corrected chi connectivity index (χ1v) is 13.1. The Labute approximate surface area is 167 Å². The Hall–Kier alpha value is -0.853. The fourth-order valence-electron chi connectivity index (χ4n) is 2.73. The molecule has 1 aromatic carbocycles. The maximum atomic E-state index is 6.45. The molecule has 2 aromatic rings. The maximum Gasteiger partial charge on any atom is 0.201 e. The Morgan fingerprint density at radius 1 is 1.19 bits per heavy atom. The molecule has 6 heteroatoms. The molecular weight excluding hydrogens is 406 g/mol. The van der Waals surface area contributed by atoms with E-state index < -0.39 is 8.32 Å². The number of halogens is 1. The predicted molar refractivity (Wildman–Crippen MR) is 118 cm³/mol. The molecule has 2 N–H and O–H groups in total. The minimum Gasteiger partial charge on any atom is -0.416 e. The number of anilines is 1. The van der Waals surface area contributed by atoms with E-state index in [1.165, 1.54) is 0 Å². The van der Waals surface area contributed by atoms with Crippen molar-refractivity contribution in [1.29, 1.82) is 0 Å². The molecule has 0 spiro atoms. The van der Waals surface area contributed by atoms with Gasteiger partial charge in [-0.2, -0.15) is 0 Å². The first-order valence-electron chi connectivity index (χ1n) is 9.38. The normalized spacial score (nSPS) is 13.5. The monoisotopic (exact) mass is 439 g/mol. The standard InChI is InChI=1S/C20H34BrN3OSi/c1-19(2,3)26(6,7)25-14-20(4,5)11-8-12-24-17-13-15(21)9-10-16(17)23-18(24)22/h9-10,13H,8,11-12,14H2,1-7H3,(H2,22,23). The van der Waals surface area contributed by atoms with Crippen LogP contribution in [0, 0.1) is 5.41 Å². The predicted octanol–water partition coefficient (Wildman–Crippen LogP) is 6.21. The summed E-state index contributed by atoms with van der Waals surface area (Å²) in [6.07, 6.45) is 2.14. The molecule has 0 amide bonds. The van der Waals surface area contributed by atoms with Crippen LogP contribution in [0.4, 0.5) is 5.95 Å². The van der Waals surface area contributed by atoms with Crippen LogP contribution in [0.2, 0.25) is 18.1 Å². The third kappa shape index (κ3) is 5.11. The van der Waals surface area contributed by atoms with Crippen LogP contribution < -0.4 is 5.73 Å². The van der Waals surface area contributed by atoms with Gasteiger partial charge in [0.15, 0.2) is 8.32 Å². The van der Waals surface area contributed by atoms with E-state index in [0.717, 1.165) is 41.5 Å². The van der Waals surface area contributed by atoms with E-state index >= 15 is 0 Å². The minimum atomic E-state index is -1.70. The van der Waals surface area contributed by atoms with Crippen LogP contribution in [0.15, 0.2) is 22.7 Å². The highest BCUT2D eigenvalue weighted by Gasteiger charge is 2.38. The van der Waals surface area contributed by atoms with Crippen molar-refractivity contribution in [2.45, 2.75) is 72.1 Å². The lowest BCUT2D eigenvalue weighted by molar-refractivity contribution is 0.152. The largest absolute Gasteiger partial charge is 0.416 e. The van der Waals surface area contributed by atoms with Crippen molar-refractivity contribution in [3.8, 4) is 0 Å². The number of aromatic nitrogens is 2. The average Bonchev–Trinajstić information content (AvgIpc) is 2.80. The molecule has 0 aliphatic heterocycles. The number of nitrogens with zero attached hydrogens (tertiary/aromatic N) is 2. The van der Waals surface area contributed by atoms with Crippen molar-refractivity contribution in [1.82, 2.24) is 9.55 Å². The van der Waals surface area contributed by atoms with Gasteiger partial charge in [0.2, 0.25) is 5.95 Å². The van der Waals surface area contributed by atoms with Crippen LogP contribution in [0.3, 0.4) is 0 Å². The Morgan fingerprint density at radius 2 is 1.85 bits per heavy atom. The lowest BCUT2D eigenvalue weighted by Crippen LogP contribution is -2.43. The zero-order valence-electron chi connectivity index (χ0n) is 17.3. The summed E-state index contributed by atoms with van der Waals surface area (Å²) in [7, 11) is -1.70. The topological polar surface area (TPSA) is 53.1 Å². The maximum absolute atomic E-state index is 6.45. The van der Waals surface area contributed by atoms with Gasteiger partial charge in [-0.05, 0) is 54.6 Å². The van der Waals surface area contributed by atoms with E-state index in [0.29, 0.717) is 5.95 Å². The fraction of sp³-hybridized carbons (Fsp3) is 0.650. The zero-order chi connectivity index (χ0) is 19.8. The SMILES string of the molecule is CC(C)(CCCn1c(N)nc2ccc(Br)cc21)CO[Si](C)(C)C(C)(C)C. The summed E-state index contributed by atoms with van der Waals surface area (Å²) in [6.45, 7) is 17.8. The summed E-state index contributed by atoms with van der Waals surface area (Å²) in [5.74, 6) is 0.591. The van der Waals surface area contributed by atoms with E-state index in [-0.39, 0.29) is 10.5 Å². The summed E-state index contributed by atoms with van der Waals surface area (Å²) in [6, 6.07) is 6.09. The number of imidazole rings is 1. The van der Waals surface area contributed by atoms with Crippen LogP contribution >= 0.6 is 15.9 Å². The van der Waals surface area contributed by atoms with Crippen molar-refractivity contribution in [2.75, 3.05) is 12.3 Å². The molecule has 0 aliphatic carbocycles. The highest BCUT2D eigenvalue weighted by atomic mass is 79.9. The van der Waals surface area contributed by atoms with Gasteiger partial charge in [-0.25, -0.2) is 4.98 Å². The van der Waals surface area contributed by atoms with Crippen LogP contribution in [0.5, 0.6) is 0 Å². The molecule has 1 heterocycles. The van der Waals surface area contributed by atoms with Gasteiger partial charge >= 0.3 is 0 Å². The number of fused-ring (bicyclic) bond motifs is 1. The van der Waals surface area contributed by atoms with Crippen molar-refractivity contribution in [2.24, 2.45) is 5.41 Å². The van der Waals surface area contributed by atoms with E-state index in [2.05, 4.69) is 79.3 Å². The van der Waals surface area contributed by atoms with Crippen molar-refractivity contribution in [3.05, 3.63) is 22.7 Å². The number of nitrogens with two attached hydrogens (primary N) is 1. The van der Waals surface area contributed by atoms with Crippen molar-refractivity contribution >= 4 is 41.2 Å². The molecule has 4 nitrogen and oxygen atoms in total. The van der Waals surface area contributed by atoms with Gasteiger partial charge in [-0.1, -0.05) is 50.5 Å². The Kier molecular flexibility index (Phi) is 6.30. The summed E-state index contributed by atoms with van der Waals surface area (Å²) < 4.78 is 9.61. The Bertz CT molecular complexity index is 762. The molecular formula is C20H34BrN3OSi. The third-order valence-electron chi connectivity index (χ3n) is 5.61. The van der Waals surface area contributed by atoms with Gasteiger partial charge in [0, 0.05) is 17.6 Å². The fourth-order valence-corrected chi connectivity index (χ4v) is 4.26. The Morgan fingerprint density at radius 3 is 2.46 bits per heavy atom. The summed E-state index contributed by atoms with van der Waals surface area (Å²) in [5.41, 5.74) is 8.33. The van der Waals surface area contributed by atoms with Crippen molar-refractivity contribution in [3.63, 3.8) is 0 Å². The van der Waals surface area contributed by atoms with Gasteiger partial charge in [0.05, 0.1) is 11.0 Å². The second-order valence-electron chi connectivity index (χ2n) is 9.57. The first kappa shape index (κ1) is 21.4. The number of hydrogen-bond acceptors (Lipinski definition) is 3. The lowest BCUT2D eigenvalue weighted by atomic mass is 9.89. The van der Waals surface area contributed by atoms with Gasteiger partial charge in [-0.15, -0.1) is 0 Å². The van der Waals surface area contributed by atoms with Crippen LogP contribution in [0.25, 0.3) is 11.0 Å². The van der Waals surface area contributed by atoms with Crippen LogP contribution in [-0.2, 0) is 11.0 Å². The molecule has 0 unspecified atom stereocenters. The Balaban J connectivity index is 1.96. The van der Waals surface area contributed by atoms with Crippen LogP contribution in [0.1, 0.15) is 47.5 Å². The zero-order valence-corrected chi connectivity index (χ0v) is 19.9. The molecule has 0 aliphatic rings. The smallest absolute Gasteiger partial charge is 0.201 e. The third-order valence-corrected chi connectivity index (χ3v) is 10.6. The molecule has 2 rings (SSSR count). The molecule has 0 saturated carbocycles. The quantitative estimate of drug-likeness (QED) is 0.521. The second-order valence-corrected chi connectivity index (χ2v) is 15.3. The molecule has 0 atom stereocenters. The second kappa shape index (κ2) is 7.64. The number of benzene rings is 1. The van der Waals surface area contributed by atoms with Gasteiger partial charge < -0.3 is 14.7 Å². The molecule has 0 saturated heterocycles. The van der Waals surface area contributed by atoms with E-state index in [9.17, 15) is 0 Å². The van der Waals surface area contributed by atoms with Crippen LogP contribution in [-0.4, -0.2) is 24.5 Å². The number of aryl methyl sites for hydroxylation is 1. The highest BCUT2D eigenvalue weighted by molar-refractivity contribution is 9.10. The van der Waals surface area contributed by atoms with Gasteiger partial charge in [0.25, 0.3) is 0 Å². The molecule has 26 heavy (non-hydrogen) atoms. The molecule has 0 fully saturated rings. The highest BCUT2D eigenvalue weighted by Crippen LogP contribution is 2.38. The molecule has 0 bridgehead atoms. The number of hydrogen-bond donors (Lipinski definition) is 1. The summed E-state index contributed by atoms with van der Waals surface area (Å²) >= 11 is 3.54. The van der Waals surface area contributed by atoms with E-state index in [4.69, 9.17) is 10.2 Å². The van der Waals surface area contributed by atoms with Crippen molar-refractivity contribution < 1.29 is 4.43 Å². The van der Waals surface area contributed by atoms with Gasteiger partial charge in [-0.3, -0.25) is 0 Å². The molecule has 146 valence electrons. The first-order chi connectivity index (χ1) is 11.8. The minimum absolute atomic E-state index is 0.154. The summed E-state index contributed by atoms with van der Waals surface area (Å²) in [4.78, 5) is 4.47. The lowest BCUT2D eigenvalue weighted by Gasteiger charge is -2.39.